The summed E-state index contributed by atoms with van der Waals surface area (Å²) >= 11 is 0. The summed E-state index contributed by atoms with van der Waals surface area (Å²) in [6.45, 7) is 6.19. The molecule has 1 aliphatic heterocycles. The standard InChI is InChI=1S/C19H27N5/c1-16-6-9-24(10-7-16)19(20-2)22-13-17-4-3-5-18(12-17)14-23-11-8-21-15-23/h3-5,8,11-12,15-16H,6-7,9-10,13-14H2,1-2H3,(H,20,22). The lowest BCUT2D eigenvalue weighted by molar-refractivity contribution is 0.273. The van der Waals surface area contributed by atoms with Gasteiger partial charge in [-0.25, -0.2) is 4.98 Å². The van der Waals surface area contributed by atoms with Gasteiger partial charge in [-0.3, -0.25) is 4.99 Å². The molecule has 5 heteroatoms. The van der Waals surface area contributed by atoms with Crippen LogP contribution in [0.5, 0.6) is 0 Å². The number of benzene rings is 1. The van der Waals surface area contributed by atoms with E-state index in [-0.39, 0.29) is 0 Å². The summed E-state index contributed by atoms with van der Waals surface area (Å²) < 4.78 is 2.08. The second kappa shape index (κ2) is 7.99. The Kier molecular flexibility index (Phi) is 5.51. The van der Waals surface area contributed by atoms with Crippen molar-refractivity contribution in [1.29, 1.82) is 0 Å². The largest absolute Gasteiger partial charge is 0.352 e. The molecule has 0 saturated carbocycles. The second-order valence-electron chi connectivity index (χ2n) is 6.63. The van der Waals surface area contributed by atoms with Crippen LogP contribution in [0, 0.1) is 5.92 Å². The van der Waals surface area contributed by atoms with Gasteiger partial charge in [-0.15, -0.1) is 0 Å². The Balaban J connectivity index is 1.57. The van der Waals surface area contributed by atoms with Crippen LogP contribution < -0.4 is 5.32 Å². The van der Waals surface area contributed by atoms with Crippen LogP contribution in [0.15, 0.2) is 48.0 Å². The summed E-state index contributed by atoms with van der Waals surface area (Å²) in [7, 11) is 1.87. The Morgan fingerprint density at radius 3 is 2.79 bits per heavy atom. The summed E-state index contributed by atoms with van der Waals surface area (Å²) in [4.78, 5) is 10.9. The first-order valence-corrected chi connectivity index (χ1v) is 8.74. The number of hydrogen-bond donors (Lipinski definition) is 1. The van der Waals surface area contributed by atoms with Crippen molar-refractivity contribution in [3.63, 3.8) is 0 Å². The molecule has 1 saturated heterocycles. The molecular formula is C19H27N5. The maximum absolute atomic E-state index is 4.45. The average molecular weight is 325 g/mol. The number of piperidine rings is 1. The highest BCUT2D eigenvalue weighted by Crippen LogP contribution is 2.16. The lowest BCUT2D eigenvalue weighted by atomic mass is 9.99. The molecule has 1 aromatic heterocycles. The average Bonchev–Trinajstić information content (AvgIpc) is 3.10. The predicted molar refractivity (Wildman–Crippen MR) is 97.9 cm³/mol. The van der Waals surface area contributed by atoms with Crippen LogP contribution in [0.1, 0.15) is 30.9 Å². The van der Waals surface area contributed by atoms with Crippen LogP contribution in [-0.4, -0.2) is 40.5 Å². The normalized spacial score (nSPS) is 16.4. The molecule has 2 aromatic rings. The van der Waals surface area contributed by atoms with Gasteiger partial charge in [0.1, 0.15) is 0 Å². The van der Waals surface area contributed by atoms with Crippen molar-refractivity contribution in [3.05, 3.63) is 54.1 Å². The lowest BCUT2D eigenvalue weighted by Gasteiger charge is -2.33. The summed E-state index contributed by atoms with van der Waals surface area (Å²) in [6.07, 6.45) is 8.16. The number of nitrogens with zero attached hydrogens (tertiary/aromatic N) is 4. The molecule has 0 bridgehead atoms. The van der Waals surface area contributed by atoms with Gasteiger partial charge in [0.15, 0.2) is 5.96 Å². The summed E-state index contributed by atoms with van der Waals surface area (Å²) in [6, 6.07) is 8.69. The molecule has 128 valence electrons. The molecule has 1 aromatic carbocycles. The number of nitrogens with one attached hydrogen (secondary N) is 1. The van der Waals surface area contributed by atoms with E-state index in [2.05, 4.69) is 55.9 Å². The zero-order valence-electron chi connectivity index (χ0n) is 14.7. The van der Waals surface area contributed by atoms with Gasteiger partial charge in [0.05, 0.1) is 6.33 Å². The Labute approximate surface area is 144 Å². The van der Waals surface area contributed by atoms with Crippen LogP contribution >= 0.6 is 0 Å². The molecule has 3 rings (SSSR count). The first kappa shape index (κ1) is 16.6. The van der Waals surface area contributed by atoms with E-state index in [1.165, 1.54) is 24.0 Å². The van der Waals surface area contributed by atoms with Gasteiger partial charge in [0, 0.05) is 45.6 Å². The highest BCUT2D eigenvalue weighted by atomic mass is 15.3. The van der Waals surface area contributed by atoms with Gasteiger partial charge in [-0.1, -0.05) is 31.2 Å². The third kappa shape index (κ3) is 4.37. The Morgan fingerprint density at radius 1 is 1.29 bits per heavy atom. The van der Waals surface area contributed by atoms with Crippen LogP contribution in [0.25, 0.3) is 0 Å². The Hall–Kier alpha value is -2.30. The maximum atomic E-state index is 4.45. The van der Waals surface area contributed by atoms with E-state index in [0.717, 1.165) is 38.1 Å². The highest BCUT2D eigenvalue weighted by Gasteiger charge is 2.18. The first-order chi connectivity index (χ1) is 11.7. The molecule has 1 aliphatic rings. The van der Waals surface area contributed by atoms with Crippen molar-refractivity contribution in [2.24, 2.45) is 10.9 Å². The van der Waals surface area contributed by atoms with Crippen molar-refractivity contribution in [1.82, 2.24) is 19.8 Å². The second-order valence-corrected chi connectivity index (χ2v) is 6.63. The van der Waals surface area contributed by atoms with Crippen molar-refractivity contribution in [2.45, 2.75) is 32.9 Å². The third-order valence-corrected chi connectivity index (χ3v) is 4.66. The first-order valence-electron chi connectivity index (χ1n) is 8.74. The minimum Gasteiger partial charge on any atom is -0.352 e. The number of aliphatic imine (C=N–C) groups is 1. The number of likely N-dealkylation sites (tertiary alicyclic amines) is 1. The molecule has 24 heavy (non-hydrogen) atoms. The van der Waals surface area contributed by atoms with Crippen molar-refractivity contribution in [2.75, 3.05) is 20.1 Å². The molecule has 0 spiro atoms. The molecule has 1 fully saturated rings. The molecule has 0 aliphatic carbocycles. The fourth-order valence-electron chi connectivity index (χ4n) is 3.16. The minimum absolute atomic E-state index is 0.802. The molecule has 0 atom stereocenters. The molecule has 2 heterocycles. The zero-order valence-corrected chi connectivity index (χ0v) is 14.7. The van der Waals surface area contributed by atoms with Gasteiger partial charge in [0.25, 0.3) is 0 Å². The van der Waals surface area contributed by atoms with Gasteiger partial charge in [-0.2, -0.15) is 0 Å². The molecule has 0 amide bonds. The summed E-state index contributed by atoms with van der Waals surface area (Å²) in [5.41, 5.74) is 2.56. The fraction of sp³-hybridized carbons (Fsp3) is 0.474. The lowest BCUT2D eigenvalue weighted by Crippen LogP contribution is -2.45. The van der Waals surface area contributed by atoms with E-state index in [1.807, 2.05) is 25.8 Å². The van der Waals surface area contributed by atoms with Crippen LogP contribution in [-0.2, 0) is 13.1 Å². The highest BCUT2D eigenvalue weighted by molar-refractivity contribution is 5.79. The zero-order chi connectivity index (χ0) is 16.8. The molecule has 0 radical (unpaired) electrons. The van der Waals surface area contributed by atoms with E-state index in [1.54, 1.807) is 0 Å². The maximum Gasteiger partial charge on any atom is 0.193 e. The van der Waals surface area contributed by atoms with Gasteiger partial charge >= 0.3 is 0 Å². The SMILES string of the molecule is CN=C(NCc1cccc(Cn2ccnc2)c1)N1CCC(C)CC1. The van der Waals surface area contributed by atoms with E-state index in [9.17, 15) is 0 Å². The van der Waals surface area contributed by atoms with Crippen LogP contribution in [0.3, 0.4) is 0 Å². The van der Waals surface area contributed by atoms with E-state index in [0.29, 0.717) is 0 Å². The van der Waals surface area contributed by atoms with Gasteiger partial charge in [-0.05, 0) is 29.9 Å². The number of imidazole rings is 1. The topological polar surface area (TPSA) is 45.5 Å². The Bertz CT molecular complexity index is 654. The van der Waals surface area contributed by atoms with E-state index < -0.39 is 0 Å². The number of rotatable bonds is 4. The molecular weight excluding hydrogens is 298 g/mol. The van der Waals surface area contributed by atoms with Crippen molar-refractivity contribution >= 4 is 5.96 Å². The molecule has 0 unspecified atom stereocenters. The molecule has 1 N–H and O–H groups in total. The quantitative estimate of drug-likeness (QED) is 0.694. The van der Waals surface area contributed by atoms with Crippen LogP contribution in [0.2, 0.25) is 0 Å². The number of guanidine groups is 1. The third-order valence-electron chi connectivity index (χ3n) is 4.66. The Morgan fingerprint density at radius 2 is 2.08 bits per heavy atom. The van der Waals surface area contributed by atoms with Gasteiger partial charge < -0.3 is 14.8 Å². The number of hydrogen-bond acceptors (Lipinski definition) is 2. The van der Waals surface area contributed by atoms with Crippen molar-refractivity contribution < 1.29 is 0 Å². The van der Waals surface area contributed by atoms with Gasteiger partial charge in [0.2, 0.25) is 0 Å². The molecule has 5 nitrogen and oxygen atoms in total. The van der Waals surface area contributed by atoms with E-state index >= 15 is 0 Å². The number of aromatic nitrogens is 2. The van der Waals surface area contributed by atoms with E-state index in [4.69, 9.17) is 0 Å². The predicted octanol–water partition coefficient (Wildman–Crippen LogP) is 2.74. The summed E-state index contributed by atoms with van der Waals surface area (Å²) in [5.74, 6) is 1.85. The monoisotopic (exact) mass is 325 g/mol. The van der Waals surface area contributed by atoms with Crippen LogP contribution in [0.4, 0.5) is 0 Å². The fourth-order valence-corrected chi connectivity index (χ4v) is 3.16. The minimum atomic E-state index is 0.802. The smallest absolute Gasteiger partial charge is 0.193 e. The summed E-state index contributed by atoms with van der Waals surface area (Å²) in [5, 5.41) is 3.51. The van der Waals surface area contributed by atoms with Crippen molar-refractivity contribution in [3.8, 4) is 0 Å².